The van der Waals surface area contributed by atoms with E-state index in [0.717, 1.165) is 22.3 Å². The van der Waals surface area contributed by atoms with Gasteiger partial charge in [-0.05, 0) is 51.1 Å². The van der Waals surface area contributed by atoms with Crippen LogP contribution in [0, 0.1) is 6.92 Å². The zero-order valence-corrected chi connectivity index (χ0v) is 21.3. The Labute approximate surface area is 214 Å². The molecule has 186 valence electrons. The van der Waals surface area contributed by atoms with E-state index >= 15 is 0 Å². The van der Waals surface area contributed by atoms with E-state index in [1.165, 1.54) is 6.20 Å². The molecule has 4 N–H and O–H groups in total. The number of halogens is 1. The molecular weight excluding hydrogens is 478 g/mol. The molecule has 0 bridgehead atoms. The molecule has 0 aliphatic carbocycles. The average molecular weight is 506 g/mol. The van der Waals surface area contributed by atoms with Crippen LogP contribution in [0.5, 0.6) is 0 Å². The van der Waals surface area contributed by atoms with Crippen LogP contribution >= 0.6 is 11.6 Å². The van der Waals surface area contributed by atoms with Crippen LogP contribution < -0.4 is 16.0 Å². The average Bonchev–Trinajstić information content (AvgIpc) is 3.21. The molecule has 4 rings (SSSR count). The fraction of sp³-hybridized carbons (Fsp3) is 0.231. The monoisotopic (exact) mass is 505 g/mol. The Balaban J connectivity index is 1.61. The summed E-state index contributed by atoms with van der Waals surface area (Å²) in [6.07, 6.45) is 1.49. The number of H-pyrrole nitrogens is 1. The number of benzene rings is 2. The largest absolute Gasteiger partial charge is 0.358 e. The van der Waals surface area contributed by atoms with Gasteiger partial charge < -0.3 is 25.8 Å². The number of aromatic amines is 1. The molecular formula is C26H28ClN7O2. The lowest BCUT2D eigenvalue weighted by atomic mass is 10.1. The predicted molar refractivity (Wildman–Crippen MR) is 144 cm³/mol. The molecule has 2 aromatic heterocycles. The van der Waals surface area contributed by atoms with Crippen LogP contribution in [-0.4, -0.2) is 51.8 Å². The summed E-state index contributed by atoms with van der Waals surface area (Å²) in [7, 11) is 1.57. The van der Waals surface area contributed by atoms with Gasteiger partial charge in [-0.3, -0.25) is 9.59 Å². The van der Waals surface area contributed by atoms with Gasteiger partial charge in [-0.2, -0.15) is 4.98 Å². The van der Waals surface area contributed by atoms with Crippen LogP contribution in [0.2, 0.25) is 5.02 Å². The highest BCUT2D eigenvalue weighted by atomic mass is 35.5. The standard InChI is InChI=1S/C26H28ClN7O2/c1-5-34(6-2)25(36)22-15(3)30-21-13-16(11-12-17(21)22)31-26-29-14-19(27)23(33-26)32-20-10-8-7-9-18(20)24(35)28-4/h7-14,30H,5-6H2,1-4H3,(H,28,35)(H2,29,31,32,33). The van der Waals surface area contributed by atoms with Crippen molar-refractivity contribution in [3.8, 4) is 0 Å². The number of carbonyl (C=O) groups excluding carboxylic acids is 2. The van der Waals surface area contributed by atoms with Gasteiger partial charge in [-0.25, -0.2) is 4.98 Å². The first-order chi connectivity index (χ1) is 17.4. The summed E-state index contributed by atoms with van der Waals surface area (Å²) in [5.74, 6) is 0.462. The van der Waals surface area contributed by atoms with Crippen molar-refractivity contribution in [1.29, 1.82) is 0 Å². The molecule has 4 aromatic rings. The molecule has 0 unspecified atom stereocenters. The second-order valence-corrected chi connectivity index (χ2v) is 8.53. The Morgan fingerprint density at radius 3 is 2.56 bits per heavy atom. The maximum Gasteiger partial charge on any atom is 0.256 e. The van der Waals surface area contributed by atoms with Gasteiger partial charge in [-0.1, -0.05) is 23.7 Å². The molecule has 2 heterocycles. The van der Waals surface area contributed by atoms with Crippen LogP contribution in [0.3, 0.4) is 0 Å². The first-order valence-electron chi connectivity index (χ1n) is 11.7. The van der Waals surface area contributed by atoms with E-state index in [1.807, 2.05) is 45.0 Å². The van der Waals surface area contributed by atoms with Crippen molar-refractivity contribution in [3.05, 3.63) is 70.5 Å². The van der Waals surface area contributed by atoms with Gasteiger partial charge in [0.25, 0.3) is 11.8 Å². The number of hydrogen-bond acceptors (Lipinski definition) is 6. The SMILES string of the molecule is CCN(CC)C(=O)c1c(C)[nH]c2cc(Nc3ncc(Cl)c(Nc4ccccc4C(=O)NC)n3)ccc12. The van der Waals surface area contributed by atoms with E-state index in [4.69, 9.17) is 11.6 Å². The normalized spacial score (nSPS) is 10.8. The summed E-state index contributed by atoms with van der Waals surface area (Å²) in [6, 6.07) is 12.8. The number of aromatic nitrogens is 3. The van der Waals surface area contributed by atoms with E-state index in [2.05, 4.69) is 30.9 Å². The van der Waals surface area contributed by atoms with Crippen molar-refractivity contribution in [3.63, 3.8) is 0 Å². The molecule has 2 aromatic carbocycles. The number of nitrogens with zero attached hydrogens (tertiary/aromatic N) is 3. The van der Waals surface area contributed by atoms with Gasteiger partial charge in [0.2, 0.25) is 5.95 Å². The lowest BCUT2D eigenvalue weighted by Crippen LogP contribution is -2.30. The van der Waals surface area contributed by atoms with E-state index in [-0.39, 0.29) is 11.8 Å². The molecule has 0 aliphatic heterocycles. The van der Waals surface area contributed by atoms with Crippen molar-refractivity contribution in [1.82, 2.24) is 25.2 Å². The third-order valence-corrected chi connectivity index (χ3v) is 6.18. The van der Waals surface area contributed by atoms with Crippen LogP contribution in [0.15, 0.2) is 48.7 Å². The number of nitrogens with one attached hydrogen (secondary N) is 4. The van der Waals surface area contributed by atoms with Gasteiger partial charge in [0.05, 0.1) is 23.0 Å². The fourth-order valence-electron chi connectivity index (χ4n) is 4.05. The lowest BCUT2D eigenvalue weighted by Gasteiger charge is -2.18. The van der Waals surface area contributed by atoms with Crippen LogP contribution in [-0.2, 0) is 0 Å². The van der Waals surface area contributed by atoms with Gasteiger partial charge in [0.15, 0.2) is 5.82 Å². The first kappa shape index (κ1) is 25.0. The highest BCUT2D eigenvalue weighted by Crippen LogP contribution is 2.29. The molecule has 0 radical (unpaired) electrons. The number of fused-ring (bicyclic) bond motifs is 1. The van der Waals surface area contributed by atoms with Crippen molar-refractivity contribution < 1.29 is 9.59 Å². The Hall–Kier alpha value is -4.11. The van der Waals surface area contributed by atoms with E-state index in [9.17, 15) is 9.59 Å². The predicted octanol–water partition coefficient (Wildman–Crippen LogP) is 5.25. The second kappa shape index (κ2) is 10.7. The zero-order chi connectivity index (χ0) is 25.8. The number of carbonyl (C=O) groups is 2. The molecule has 10 heteroatoms. The van der Waals surface area contributed by atoms with Crippen LogP contribution in [0.1, 0.15) is 40.3 Å². The topological polar surface area (TPSA) is 115 Å². The Morgan fingerprint density at radius 2 is 1.83 bits per heavy atom. The second-order valence-electron chi connectivity index (χ2n) is 8.13. The van der Waals surface area contributed by atoms with Crippen molar-refractivity contribution >= 4 is 57.5 Å². The summed E-state index contributed by atoms with van der Waals surface area (Å²) in [5, 5.41) is 10.1. The maximum absolute atomic E-state index is 13.0. The summed E-state index contributed by atoms with van der Waals surface area (Å²) < 4.78 is 0. The highest BCUT2D eigenvalue weighted by molar-refractivity contribution is 6.33. The van der Waals surface area contributed by atoms with Crippen molar-refractivity contribution in [2.75, 3.05) is 30.8 Å². The number of anilines is 4. The molecule has 0 fully saturated rings. The highest BCUT2D eigenvalue weighted by Gasteiger charge is 2.20. The number of para-hydroxylation sites is 1. The number of hydrogen-bond donors (Lipinski definition) is 4. The summed E-state index contributed by atoms with van der Waals surface area (Å²) >= 11 is 6.34. The molecule has 0 saturated heterocycles. The summed E-state index contributed by atoms with van der Waals surface area (Å²) in [5.41, 5.74) is 4.11. The molecule has 0 spiro atoms. The molecule has 0 aliphatic rings. The quantitative estimate of drug-likeness (QED) is 0.260. The third kappa shape index (κ3) is 4.96. The zero-order valence-electron chi connectivity index (χ0n) is 20.6. The number of rotatable bonds is 8. The van der Waals surface area contributed by atoms with Gasteiger partial charge in [-0.15, -0.1) is 0 Å². The minimum atomic E-state index is -0.227. The minimum Gasteiger partial charge on any atom is -0.358 e. The summed E-state index contributed by atoms with van der Waals surface area (Å²) in [6.45, 7) is 7.15. The smallest absolute Gasteiger partial charge is 0.256 e. The van der Waals surface area contributed by atoms with Crippen LogP contribution in [0.25, 0.3) is 10.9 Å². The van der Waals surface area contributed by atoms with Crippen LogP contribution in [0.4, 0.5) is 23.1 Å². The van der Waals surface area contributed by atoms with Gasteiger partial charge in [0, 0.05) is 42.4 Å². The molecule has 36 heavy (non-hydrogen) atoms. The van der Waals surface area contributed by atoms with Crippen molar-refractivity contribution in [2.24, 2.45) is 0 Å². The molecule has 9 nitrogen and oxygen atoms in total. The molecule has 0 saturated carbocycles. The lowest BCUT2D eigenvalue weighted by molar-refractivity contribution is 0.0774. The Morgan fingerprint density at radius 1 is 1.08 bits per heavy atom. The first-order valence-corrected chi connectivity index (χ1v) is 12.0. The van der Waals surface area contributed by atoms with E-state index in [1.54, 1.807) is 30.1 Å². The van der Waals surface area contributed by atoms with Crippen molar-refractivity contribution in [2.45, 2.75) is 20.8 Å². The number of aryl methyl sites for hydroxylation is 1. The van der Waals surface area contributed by atoms with Gasteiger partial charge >= 0.3 is 0 Å². The molecule has 0 atom stereocenters. The minimum absolute atomic E-state index is 0.0123. The number of amides is 2. The Bertz CT molecular complexity index is 1430. The fourth-order valence-corrected chi connectivity index (χ4v) is 4.19. The Kier molecular flexibility index (Phi) is 7.40. The third-order valence-electron chi connectivity index (χ3n) is 5.90. The van der Waals surface area contributed by atoms with Gasteiger partial charge in [0.1, 0.15) is 5.02 Å². The molecule has 2 amide bonds. The summed E-state index contributed by atoms with van der Waals surface area (Å²) in [4.78, 5) is 39.1. The van der Waals surface area contributed by atoms with E-state index < -0.39 is 0 Å². The van der Waals surface area contributed by atoms with E-state index in [0.29, 0.717) is 46.7 Å². The maximum atomic E-state index is 13.0.